The molecule has 5 nitrogen and oxygen atoms in total. The fourth-order valence-corrected chi connectivity index (χ4v) is 3.92. The molecule has 27 heavy (non-hydrogen) atoms. The fraction of sp³-hybridized carbons (Fsp3) is 0.364. The van der Waals surface area contributed by atoms with Crippen molar-refractivity contribution in [2.75, 3.05) is 24.7 Å². The minimum Gasteiger partial charge on any atom is -0.380 e. The maximum atomic E-state index is 12.8. The number of fused-ring (bicyclic) bond motifs is 1. The quantitative estimate of drug-likeness (QED) is 0.624. The van der Waals surface area contributed by atoms with Crippen LogP contribution in [0.2, 0.25) is 0 Å². The summed E-state index contributed by atoms with van der Waals surface area (Å²) in [4.78, 5) is 19.6. The van der Waals surface area contributed by atoms with Crippen LogP contribution in [0, 0.1) is 6.92 Å². The Balaban J connectivity index is 1.67. The molecule has 2 aromatic carbocycles. The second-order valence-electron chi connectivity index (χ2n) is 7.00. The number of aromatic nitrogens is 2. The number of hydrogen-bond acceptors (Lipinski definition) is 3. The molecule has 5 heteroatoms. The number of nitrogens with zero attached hydrogens (tertiary/aromatic N) is 3. The molecule has 3 aromatic rings. The van der Waals surface area contributed by atoms with E-state index in [9.17, 15) is 4.79 Å². The molecule has 1 amide bonds. The van der Waals surface area contributed by atoms with Crippen molar-refractivity contribution in [2.45, 2.75) is 32.7 Å². The Hall–Kier alpha value is -2.66. The minimum absolute atomic E-state index is 0.0890. The summed E-state index contributed by atoms with van der Waals surface area (Å²) in [6.45, 7) is 6.81. The molecule has 1 aliphatic rings. The van der Waals surface area contributed by atoms with Crippen molar-refractivity contribution in [3.05, 3.63) is 59.9 Å². The third-order valence-corrected chi connectivity index (χ3v) is 5.24. The summed E-state index contributed by atoms with van der Waals surface area (Å²) < 4.78 is 7.80. The highest BCUT2D eigenvalue weighted by atomic mass is 16.5. The van der Waals surface area contributed by atoms with E-state index in [4.69, 9.17) is 9.72 Å². The number of hydrogen-bond donors (Lipinski definition) is 0. The highest BCUT2D eigenvalue weighted by Crippen LogP contribution is 2.34. The topological polar surface area (TPSA) is 47.4 Å². The molecular weight excluding hydrogens is 338 g/mol. The van der Waals surface area contributed by atoms with E-state index in [1.807, 2.05) is 61.2 Å². The number of carbonyl (C=O) groups excluding carboxylic acids is 1. The molecule has 0 saturated carbocycles. The third kappa shape index (κ3) is 3.35. The zero-order valence-electron chi connectivity index (χ0n) is 15.9. The number of benzene rings is 2. The number of aryl methyl sites for hydroxylation is 1. The van der Waals surface area contributed by atoms with Crippen molar-refractivity contribution >= 4 is 22.6 Å². The highest BCUT2D eigenvalue weighted by Gasteiger charge is 2.35. The van der Waals surface area contributed by atoms with Crippen molar-refractivity contribution in [1.29, 1.82) is 0 Å². The molecule has 140 valence electrons. The van der Waals surface area contributed by atoms with Crippen LogP contribution in [0.1, 0.15) is 30.7 Å². The van der Waals surface area contributed by atoms with Crippen molar-refractivity contribution < 1.29 is 9.53 Å². The smallest absolute Gasteiger partial charge is 0.227 e. The summed E-state index contributed by atoms with van der Waals surface area (Å²) in [5.41, 5.74) is 4.21. The van der Waals surface area contributed by atoms with Gasteiger partial charge in [-0.3, -0.25) is 4.79 Å². The van der Waals surface area contributed by atoms with E-state index in [1.54, 1.807) is 0 Å². The lowest BCUT2D eigenvalue weighted by molar-refractivity contribution is -0.117. The highest BCUT2D eigenvalue weighted by molar-refractivity contribution is 5.97. The van der Waals surface area contributed by atoms with E-state index in [1.165, 1.54) is 0 Å². The van der Waals surface area contributed by atoms with Gasteiger partial charge in [0.2, 0.25) is 5.91 Å². The maximum absolute atomic E-state index is 12.8. The van der Waals surface area contributed by atoms with Crippen LogP contribution >= 0.6 is 0 Å². The van der Waals surface area contributed by atoms with Crippen LogP contribution in [0.25, 0.3) is 11.0 Å². The number of carbonyl (C=O) groups is 1. The van der Waals surface area contributed by atoms with Crippen LogP contribution in [0.4, 0.5) is 5.69 Å². The molecule has 1 aromatic heterocycles. The van der Waals surface area contributed by atoms with E-state index in [0.717, 1.165) is 34.7 Å². The Kier molecular flexibility index (Phi) is 4.94. The monoisotopic (exact) mass is 363 g/mol. The number of para-hydroxylation sites is 3. The predicted molar refractivity (Wildman–Crippen MR) is 107 cm³/mol. The van der Waals surface area contributed by atoms with E-state index in [0.29, 0.717) is 26.2 Å². The van der Waals surface area contributed by atoms with Gasteiger partial charge in [-0.1, -0.05) is 30.3 Å². The van der Waals surface area contributed by atoms with Crippen LogP contribution in [-0.2, 0) is 16.1 Å². The van der Waals surface area contributed by atoms with E-state index < -0.39 is 0 Å². The molecule has 1 saturated heterocycles. The first-order chi connectivity index (χ1) is 13.2. The van der Waals surface area contributed by atoms with Crippen molar-refractivity contribution in [1.82, 2.24) is 9.55 Å². The van der Waals surface area contributed by atoms with Crippen LogP contribution in [-0.4, -0.2) is 35.2 Å². The first-order valence-corrected chi connectivity index (χ1v) is 9.58. The Morgan fingerprint density at radius 2 is 1.93 bits per heavy atom. The van der Waals surface area contributed by atoms with Gasteiger partial charge >= 0.3 is 0 Å². The normalized spacial score (nSPS) is 17.2. The van der Waals surface area contributed by atoms with Gasteiger partial charge in [0.25, 0.3) is 0 Å². The second-order valence-corrected chi connectivity index (χ2v) is 7.00. The first kappa shape index (κ1) is 17.7. The first-order valence-electron chi connectivity index (χ1n) is 9.58. The summed E-state index contributed by atoms with van der Waals surface area (Å²) in [6.07, 6.45) is 0.492. The second kappa shape index (κ2) is 7.53. The molecule has 4 rings (SSSR count). The van der Waals surface area contributed by atoms with Gasteiger partial charge in [-0.25, -0.2) is 4.98 Å². The van der Waals surface area contributed by atoms with Gasteiger partial charge in [-0.2, -0.15) is 0 Å². The standard InChI is InChI=1S/C22H25N3O2/c1-3-27-13-12-24-20-11-7-5-9-18(20)23-22(24)17-14-21(26)25(15-17)19-10-6-4-8-16(19)2/h4-11,17H,3,12-15H2,1-2H3/t17-/m1/s1. The molecular formula is C22H25N3O2. The van der Waals surface area contributed by atoms with Crippen molar-refractivity contribution in [3.8, 4) is 0 Å². The van der Waals surface area contributed by atoms with E-state index in [2.05, 4.69) is 10.6 Å². The molecule has 0 radical (unpaired) electrons. The van der Waals surface area contributed by atoms with Gasteiger partial charge < -0.3 is 14.2 Å². The number of rotatable bonds is 6. The van der Waals surface area contributed by atoms with Gasteiger partial charge in [0, 0.05) is 37.7 Å². The minimum atomic E-state index is 0.0890. The molecule has 0 bridgehead atoms. The Morgan fingerprint density at radius 1 is 1.15 bits per heavy atom. The summed E-state index contributed by atoms with van der Waals surface area (Å²) in [5.74, 6) is 1.24. The lowest BCUT2D eigenvalue weighted by atomic mass is 10.1. The van der Waals surface area contributed by atoms with Gasteiger partial charge in [-0.15, -0.1) is 0 Å². The molecule has 1 fully saturated rings. The third-order valence-electron chi connectivity index (χ3n) is 5.24. The summed E-state index contributed by atoms with van der Waals surface area (Å²) in [7, 11) is 0. The summed E-state index contributed by atoms with van der Waals surface area (Å²) >= 11 is 0. The average molecular weight is 363 g/mol. The summed E-state index contributed by atoms with van der Waals surface area (Å²) in [6, 6.07) is 16.2. The molecule has 2 heterocycles. The van der Waals surface area contributed by atoms with Gasteiger partial charge in [0.15, 0.2) is 0 Å². The van der Waals surface area contributed by atoms with E-state index in [-0.39, 0.29) is 11.8 Å². The summed E-state index contributed by atoms with van der Waals surface area (Å²) in [5, 5.41) is 0. The lowest BCUT2D eigenvalue weighted by Gasteiger charge is -2.19. The Labute approximate surface area is 159 Å². The van der Waals surface area contributed by atoms with E-state index >= 15 is 0 Å². The van der Waals surface area contributed by atoms with Crippen LogP contribution in [0.3, 0.4) is 0 Å². The zero-order valence-corrected chi connectivity index (χ0v) is 15.9. The molecule has 0 spiro atoms. The van der Waals surface area contributed by atoms with Crippen molar-refractivity contribution in [2.24, 2.45) is 0 Å². The number of amides is 1. The molecule has 0 aliphatic carbocycles. The lowest BCUT2D eigenvalue weighted by Crippen LogP contribution is -2.25. The number of anilines is 1. The molecule has 0 unspecified atom stereocenters. The maximum Gasteiger partial charge on any atom is 0.227 e. The van der Waals surface area contributed by atoms with Gasteiger partial charge in [0.05, 0.1) is 17.6 Å². The van der Waals surface area contributed by atoms with Crippen LogP contribution in [0.5, 0.6) is 0 Å². The van der Waals surface area contributed by atoms with Crippen LogP contribution in [0.15, 0.2) is 48.5 Å². The number of ether oxygens (including phenoxy) is 1. The fourth-order valence-electron chi connectivity index (χ4n) is 3.92. The Morgan fingerprint density at radius 3 is 2.74 bits per heavy atom. The van der Waals surface area contributed by atoms with Crippen molar-refractivity contribution in [3.63, 3.8) is 0 Å². The average Bonchev–Trinajstić information content (AvgIpc) is 3.23. The molecule has 1 atom stereocenters. The zero-order chi connectivity index (χ0) is 18.8. The largest absolute Gasteiger partial charge is 0.380 e. The van der Waals surface area contributed by atoms with Gasteiger partial charge in [-0.05, 0) is 37.6 Å². The van der Waals surface area contributed by atoms with Gasteiger partial charge in [0.1, 0.15) is 5.82 Å². The number of imidazole rings is 1. The molecule has 1 aliphatic heterocycles. The molecule has 0 N–H and O–H groups in total. The van der Waals surface area contributed by atoms with Crippen LogP contribution < -0.4 is 4.90 Å². The SMILES string of the molecule is CCOCCn1c([C@@H]2CC(=O)N(c3ccccc3C)C2)nc2ccccc21. The Bertz CT molecular complexity index is 963. The predicted octanol–water partition coefficient (Wildman–Crippen LogP) is 3.90.